The molecule has 0 atom stereocenters. The number of aromatic nitrogens is 2. The number of furan rings is 1. The molecule has 0 N–H and O–H groups in total. The monoisotopic (exact) mass is 640 g/mol. The summed E-state index contributed by atoms with van der Waals surface area (Å²) in [7, 11) is 0. The van der Waals surface area contributed by atoms with Gasteiger partial charge in [0.25, 0.3) is 0 Å². The fraction of sp³-hybridized carbons (Fsp3) is 0.0638. The molecular weight excluding hydrogens is 609 g/mol. The van der Waals surface area contributed by atoms with Gasteiger partial charge in [-0.15, -0.1) is 0 Å². The molecule has 6 aromatic carbocycles. The fourth-order valence-electron chi connectivity index (χ4n) is 8.00. The van der Waals surface area contributed by atoms with Crippen LogP contribution in [0.2, 0.25) is 0 Å². The molecule has 3 heterocycles. The first-order chi connectivity index (χ1) is 24.5. The molecule has 3 heteroatoms. The Bertz CT molecular complexity index is 2770. The van der Waals surface area contributed by atoms with E-state index in [4.69, 9.17) is 9.40 Å². The number of nitrogens with zero attached hydrogens (tertiary/aromatic N) is 2. The van der Waals surface area contributed by atoms with Gasteiger partial charge in [0.15, 0.2) is 0 Å². The molecule has 10 rings (SSSR count). The molecule has 0 amide bonds. The lowest BCUT2D eigenvalue weighted by Crippen LogP contribution is -2.14. The average molecular weight is 641 g/mol. The summed E-state index contributed by atoms with van der Waals surface area (Å²) in [6.07, 6.45) is 1.83. The first kappa shape index (κ1) is 28.7. The van der Waals surface area contributed by atoms with Crippen molar-refractivity contribution in [3.05, 3.63) is 169 Å². The molecule has 0 saturated carbocycles. The second kappa shape index (κ2) is 10.8. The van der Waals surface area contributed by atoms with Crippen molar-refractivity contribution in [2.45, 2.75) is 19.3 Å². The molecule has 3 nitrogen and oxygen atoms in total. The third kappa shape index (κ3) is 4.37. The van der Waals surface area contributed by atoms with E-state index in [1.165, 1.54) is 33.4 Å². The third-order valence-corrected chi connectivity index (χ3v) is 10.6. The average Bonchev–Trinajstić information content (AvgIpc) is 3.66. The minimum atomic E-state index is -0.0456. The second-order valence-corrected chi connectivity index (χ2v) is 13.8. The highest BCUT2D eigenvalue weighted by atomic mass is 16.3. The lowest BCUT2D eigenvalue weighted by atomic mass is 9.81. The Morgan fingerprint density at radius 1 is 0.480 bits per heavy atom. The Labute approximate surface area is 290 Å². The Morgan fingerprint density at radius 3 is 2.06 bits per heavy atom. The number of hydrogen-bond donors (Lipinski definition) is 0. The van der Waals surface area contributed by atoms with E-state index in [1.807, 2.05) is 24.4 Å². The van der Waals surface area contributed by atoms with Gasteiger partial charge in [-0.2, -0.15) is 0 Å². The van der Waals surface area contributed by atoms with Crippen LogP contribution in [0.25, 0.3) is 88.7 Å². The Balaban J connectivity index is 1.06. The molecular formula is C47H32N2O. The van der Waals surface area contributed by atoms with Gasteiger partial charge in [0.05, 0.1) is 16.7 Å². The molecule has 0 unspecified atom stereocenters. The highest BCUT2D eigenvalue weighted by Gasteiger charge is 2.35. The number of benzene rings is 6. The first-order valence-electron chi connectivity index (χ1n) is 17.1. The van der Waals surface area contributed by atoms with E-state index in [1.54, 1.807) is 0 Å². The van der Waals surface area contributed by atoms with Crippen molar-refractivity contribution in [1.29, 1.82) is 0 Å². The molecule has 9 aromatic rings. The maximum atomic E-state index is 6.43. The van der Waals surface area contributed by atoms with Crippen molar-refractivity contribution in [1.82, 2.24) is 9.97 Å². The van der Waals surface area contributed by atoms with Crippen molar-refractivity contribution in [2.24, 2.45) is 0 Å². The third-order valence-electron chi connectivity index (χ3n) is 10.6. The van der Waals surface area contributed by atoms with Gasteiger partial charge in [0, 0.05) is 33.5 Å². The summed E-state index contributed by atoms with van der Waals surface area (Å²) in [5.41, 5.74) is 17.9. The predicted octanol–water partition coefficient (Wildman–Crippen LogP) is 12.5. The van der Waals surface area contributed by atoms with Crippen LogP contribution in [0.3, 0.4) is 0 Å². The molecule has 0 radical (unpaired) electrons. The van der Waals surface area contributed by atoms with Gasteiger partial charge in [-0.05, 0) is 92.5 Å². The Hall–Kier alpha value is -6.32. The maximum absolute atomic E-state index is 6.43. The van der Waals surface area contributed by atoms with Crippen molar-refractivity contribution >= 4 is 33.0 Å². The van der Waals surface area contributed by atoms with E-state index >= 15 is 0 Å². The summed E-state index contributed by atoms with van der Waals surface area (Å²) in [4.78, 5) is 9.70. The highest BCUT2D eigenvalue weighted by Crippen LogP contribution is 2.50. The van der Waals surface area contributed by atoms with Crippen LogP contribution in [0.1, 0.15) is 25.0 Å². The number of pyridine rings is 2. The van der Waals surface area contributed by atoms with Crippen molar-refractivity contribution < 1.29 is 4.42 Å². The molecule has 50 heavy (non-hydrogen) atoms. The van der Waals surface area contributed by atoms with Crippen LogP contribution < -0.4 is 0 Å². The molecule has 0 spiro atoms. The summed E-state index contributed by atoms with van der Waals surface area (Å²) < 4.78 is 6.43. The zero-order chi connectivity index (χ0) is 33.4. The lowest BCUT2D eigenvalue weighted by molar-refractivity contribution is 0.660. The van der Waals surface area contributed by atoms with Crippen LogP contribution in [0, 0.1) is 0 Å². The van der Waals surface area contributed by atoms with Crippen molar-refractivity contribution in [3.8, 4) is 55.8 Å². The molecule has 1 aliphatic rings. The number of hydrogen-bond acceptors (Lipinski definition) is 3. The van der Waals surface area contributed by atoms with E-state index in [9.17, 15) is 0 Å². The molecule has 0 fully saturated rings. The minimum Gasteiger partial charge on any atom is -0.456 e. The van der Waals surface area contributed by atoms with E-state index in [0.29, 0.717) is 0 Å². The van der Waals surface area contributed by atoms with Gasteiger partial charge in [0.1, 0.15) is 11.2 Å². The zero-order valence-electron chi connectivity index (χ0n) is 27.8. The largest absolute Gasteiger partial charge is 0.456 e. The van der Waals surface area contributed by atoms with Gasteiger partial charge in [-0.25, -0.2) is 4.98 Å². The normalized spacial score (nSPS) is 13.2. The van der Waals surface area contributed by atoms with Crippen LogP contribution in [0.5, 0.6) is 0 Å². The lowest BCUT2D eigenvalue weighted by Gasteiger charge is -2.22. The van der Waals surface area contributed by atoms with Crippen LogP contribution in [0.4, 0.5) is 0 Å². The van der Waals surface area contributed by atoms with Gasteiger partial charge in [0.2, 0.25) is 0 Å². The highest BCUT2D eigenvalue weighted by molar-refractivity contribution is 6.13. The zero-order valence-corrected chi connectivity index (χ0v) is 27.8. The molecule has 0 aliphatic heterocycles. The van der Waals surface area contributed by atoms with Crippen LogP contribution in [-0.4, -0.2) is 9.97 Å². The quantitative estimate of drug-likeness (QED) is 0.192. The molecule has 236 valence electrons. The number of rotatable bonds is 4. The van der Waals surface area contributed by atoms with Gasteiger partial charge in [-0.1, -0.05) is 123 Å². The smallest absolute Gasteiger partial charge is 0.136 e. The number of fused-ring (bicyclic) bond motifs is 7. The summed E-state index contributed by atoms with van der Waals surface area (Å²) in [6, 6.07) is 54.0. The van der Waals surface area contributed by atoms with Gasteiger partial charge >= 0.3 is 0 Å². The molecule has 1 aliphatic carbocycles. The minimum absolute atomic E-state index is 0.0456. The fourth-order valence-corrected chi connectivity index (χ4v) is 8.00. The molecule has 0 saturated heterocycles. The predicted molar refractivity (Wildman–Crippen MR) is 206 cm³/mol. The van der Waals surface area contributed by atoms with Crippen LogP contribution in [-0.2, 0) is 5.41 Å². The van der Waals surface area contributed by atoms with Crippen LogP contribution >= 0.6 is 0 Å². The summed E-state index contributed by atoms with van der Waals surface area (Å²) >= 11 is 0. The van der Waals surface area contributed by atoms with Crippen molar-refractivity contribution in [3.63, 3.8) is 0 Å². The van der Waals surface area contributed by atoms with Crippen molar-refractivity contribution in [2.75, 3.05) is 0 Å². The second-order valence-electron chi connectivity index (χ2n) is 13.8. The Morgan fingerprint density at radius 2 is 1.18 bits per heavy atom. The van der Waals surface area contributed by atoms with Gasteiger partial charge < -0.3 is 4.42 Å². The first-order valence-corrected chi connectivity index (χ1v) is 17.1. The molecule has 0 bridgehead atoms. The van der Waals surface area contributed by atoms with E-state index in [2.05, 4.69) is 152 Å². The topological polar surface area (TPSA) is 38.9 Å². The van der Waals surface area contributed by atoms with Gasteiger partial charge in [-0.3, -0.25) is 4.98 Å². The van der Waals surface area contributed by atoms with E-state index in [-0.39, 0.29) is 5.41 Å². The molecule has 3 aromatic heterocycles. The summed E-state index contributed by atoms with van der Waals surface area (Å²) in [5.74, 6) is 0. The Kier molecular flexibility index (Phi) is 6.22. The maximum Gasteiger partial charge on any atom is 0.136 e. The summed E-state index contributed by atoms with van der Waals surface area (Å²) in [5, 5.41) is 2.25. The SMILES string of the molecule is CC1(C)c2ccccc2-c2ccc(-c3ccc4oc5cccc(-c6ccc(-c7cc(-c8ccccc8)c8ncccc8n7)cc6)c5c4c3)cc21. The van der Waals surface area contributed by atoms with Crippen LogP contribution in [0.15, 0.2) is 162 Å². The summed E-state index contributed by atoms with van der Waals surface area (Å²) in [6.45, 7) is 4.67. The van der Waals surface area contributed by atoms with E-state index in [0.717, 1.165) is 66.5 Å². The standard InChI is InChI=1S/C47H32N2O/c1-47(2)39-14-7-6-12-35(39)36-23-21-33(27-40(36)47)32-22-24-43-38(26-32)45-34(13-8-16-44(45)50-43)30-17-19-31(20-18-30)42-28-37(29-10-4-3-5-11-29)46-41(49-42)15-9-25-48-46/h3-28H,1-2H3. The van der Waals surface area contributed by atoms with E-state index < -0.39 is 0 Å².